The van der Waals surface area contributed by atoms with Crippen molar-refractivity contribution in [1.29, 1.82) is 0 Å². The van der Waals surface area contributed by atoms with Crippen LogP contribution in [0.2, 0.25) is 0 Å². The Kier molecular flexibility index (Phi) is 4.58. The molecule has 0 amide bonds. The first kappa shape index (κ1) is 15.2. The fourth-order valence-corrected chi connectivity index (χ4v) is 2.22. The Morgan fingerprint density at radius 3 is 2.45 bits per heavy atom. The molecule has 1 aliphatic rings. The molecule has 5 heteroatoms. The minimum absolute atomic E-state index is 0.196. The molecule has 1 aliphatic carbocycles. The maximum Gasteiger partial charge on any atom is 0.405 e. The molecule has 0 heterocycles. The quantitative estimate of drug-likeness (QED) is 0.857. The van der Waals surface area contributed by atoms with E-state index in [0.29, 0.717) is 18.3 Å². The summed E-state index contributed by atoms with van der Waals surface area (Å²) in [6.45, 7) is 3.29. The highest BCUT2D eigenvalue weighted by Gasteiger charge is 2.32. The second kappa shape index (κ2) is 6.04. The number of nitrogens with zero attached hydrogens (tertiary/aromatic N) is 1. The second-order valence-corrected chi connectivity index (χ2v) is 5.62. The van der Waals surface area contributed by atoms with Crippen LogP contribution in [-0.4, -0.2) is 24.8 Å². The van der Waals surface area contributed by atoms with Crippen molar-refractivity contribution in [3.63, 3.8) is 0 Å². The van der Waals surface area contributed by atoms with Gasteiger partial charge >= 0.3 is 6.18 Å². The van der Waals surface area contributed by atoms with E-state index in [2.05, 4.69) is 5.32 Å². The standard InChI is InChI=1S/C15H21F3N2/c1-11(2)20(10-15(16,17)18)14-6-4-3-5-12(14)9-19-13-7-8-13/h3-6,11,13,19H,7-10H2,1-2H3. The van der Waals surface area contributed by atoms with Gasteiger partial charge in [-0.15, -0.1) is 0 Å². The van der Waals surface area contributed by atoms with Crippen molar-refractivity contribution >= 4 is 5.69 Å². The first-order valence-corrected chi connectivity index (χ1v) is 7.01. The first-order chi connectivity index (χ1) is 9.37. The van der Waals surface area contributed by atoms with Crippen LogP contribution < -0.4 is 10.2 Å². The Balaban J connectivity index is 2.17. The molecule has 0 atom stereocenters. The van der Waals surface area contributed by atoms with Crippen molar-refractivity contribution in [1.82, 2.24) is 5.32 Å². The molecule has 2 nitrogen and oxygen atoms in total. The van der Waals surface area contributed by atoms with Gasteiger partial charge in [0.25, 0.3) is 0 Å². The van der Waals surface area contributed by atoms with Gasteiger partial charge < -0.3 is 10.2 Å². The smallest absolute Gasteiger partial charge is 0.360 e. The maximum absolute atomic E-state index is 12.8. The molecule has 0 saturated heterocycles. The molecule has 0 aliphatic heterocycles. The van der Waals surface area contributed by atoms with Crippen molar-refractivity contribution < 1.29 is 13.2 Å². The van der Waals surface area contributed by atoms with E-state index in [1.165, 1.54) is 17.7 Å². The molecule has 1 fully saturated rings. The van der Waals surface area contributed by atoms with Crippen molar-refractivity contribution in [3.05, 3.63) is 29.8 Å². The van der Waals surface area contributed by atoms with Gasteiger partial charge in [-0.25, -0.2) is 0 Å². The van der Waals surface area contributed by atoms with E-state index >= 15 is 0 Å². The van der Waals surface area contributed by atoms with Gasteiger partial charge in [0.2, 0.25) is 0 Å². The molecule has 0 bridgehead atoms. The van der Waals surface area contributed by atoms with Gasteiger partial charge in [-0.3, -0.25) is 0 Å². The summed E-state index contributed by atoms with van der Waals surface area (Å²) in [5.41, 5.74) is 1.60. The summed E-state index contributed by atoms with van der Waals surface area (Å²) in [7, 11) is 0. The van der Waals surface area contributed by atoms with Crippen LogP contribution in [0.15, 0.2) is 24.3 Å². The number of nitrogens with one attached hydrogen (secondary N) is 1. The Labute approximate surface area is 118 Å². The van der Waals surface area contributed by atoms with Crippen LogP contribution in [0.4, 0.5) is 18.9 Å². The Morgan fingerprint density at radius 2 is 1.90 bits per heavy atom. The van der Waals surface area contributed by atoms with Gasteiger partial charge in [0.15, 0.2) is 0 Å². The topological polar surface area (TPSA) is 15.3 Å². The molecule has 0 spiro atoms. The molecule has 1 aromatic carbocycles. The highest BCUT2D eigenvalue weighted by Crippen LogP contribution is 2.28. The Morgan fingerprint density at radius 1 is 1.25 bits per heavy atom. The molecule has 0 aromatic heterocycles. The molecular weight excluding hydrogens is 265 g/mol. The first-order valence-electron chi connectivity index (χ1n) is 7.01. The summed E-state index contributed by atoms with van der Waals surface area (Å²) >= 11 is 0. The number of benzene rings is 1. The summed E-state index contributed by atoms with van der Waals surface area (Å²) in [5, 5.41) is 3.36. The van der Waals surface area contributed by atoms with Crippen LogP contribution in [-0.2, 0) is 6.54 Å². The molecule has 20 heavy (non-hydrogen) atoms. The predicted molar refractivity (Wildman–Crippen MR) is 74.8 cm³/mol. The van der Waals surface area contributed by atoms with Crippen LogP contribution in [0.25, 0.3) is 0 Å². The van der Waals surface area contributed by atoms with Crippen molar-refractivity contribution in [3.8, 4) is 0 Å². The lowest BCUT2D eigenvalue weighted by Gasteiger charge is -2.31. The lowest BCUT2D eigenvalue weighted by atomic mass is 10.1. The zero-order valence-electron chi connectivity index (χ0n) is 11.9. The lowest BCUT2D eigenvalue weighted by molar-refractivity contribution is -0.120. The monoisotopic (exact) mass is 286 g/mol. The van der Waals surface area contributed by atoms with E-state index in [1.54, 1.807) is 26.0 Å². The zero-order chi connectivity index (χ0) is 14.8. The van der Waals surface area contributed by atoms with Gasteiger partial charge in [-0.2, -0.15) is 13.2 Å². The fourth-order valence-electron chi connectivity index (χ4n) is 2.22. The summed E-state index contributed by atoms with van der Waals surface area (Å²) < 4.78 is 38.3. The molecule has 1 saturated carbocycles. The normalized spacial score (nSPS) is 15.7. The van der Waals surface area contributed by atoms with Crippen LogP contribution in [0.1, 0.15) is 32.3 Å². The maximum atomic E-state index is 12.8. The van der Waals surface area contributed by atoms with E-state index < -0.39 is 12.7 Å². The molecule has 2 rings (SSSR count). The number of hydrogen-bond acceptors (Lipinski definition) is 2. The molecular formula is C15H21F3N2. The molecule has 0 unspecified atom stereocenters. The van der Waals surface area contributed by atoms with Gasteiger partial charge in [-0.1, -0.05) is 18.2 Å². The molecule has 1 aromatic rings. The van der Waals surface area contributed by atoms with Crippen molar-refractivity contribution in [2.24, 2.45) is 0 Å². The third-order valence-electron chi connectivity index (χ3n) is 3.43. The van der Waals surface area contributed by atoms with Crippen LogP contribution in [0.5, 0.6) is 0 Å². The SMILES string of the molecule is CC(C)N(CC(F)(F)F)c1ccccc1CNC1CC1. The average molecular weight is 286 g/mol. The predicted octanol–water partition coefficient (Wildman–Crippen LogP) is 3.72. The minimum Gasteiger partial charge on any atom is -0.360 e. The van der Waals surface area contributed by atoms with Crippen LogP contribution in [0, 0.1) is 0 Å². The Bertz CT molecular complexity index is 439. The lowest BCUT2D eigenvalue weighted by Crippen LogP contribution is -2.40. The van der Waals surface area contributed by atoms with Crippen molar-refractivity contribution in [2.75, 3.05) is 11.4 Å². The summed E-state index contributed by atoms with van der Waals surface area (Å²) in [6.07, 6.45) is -1.86. The summed E-state index contributed by atoms with van der Waals surface area (Å²) in [4.78, 5) is 1.42. The largest absolute Gasteiger partial charge is 0.405 e. The number of hydrogen-bond donors (Lipinski definition) is 1. The van der Waals surface area contributed by atoms with Crippen LogP contribution in [0.3, 0.4) is 0 Å². The third kappa shape index (κ3) is 4.40. The van der Waals surface area contributed by atoms with E-state index in [0.717, 1.165) is 5.56 Å². The number of para-hydroxylation sites is 1. The van der Waals surface area contributed by atoms with Gasteiger partial charge in [0.05, 0.1) is 0 Å². The number of rotatable bonds is 6. The van der Waals surface area contributed by atoms with E-state index in [9.17, 15) is 13.2 Å². The van der Waals surface area contributed by atoms with Gasteiger partial charge in [0, 0.05) is 24.3 Å². The van der Waals surface area contributed by atoms with E-state index in [1.807, 2.05) is 12.1 Å². The van der Waals surface area contributed by atoms with Crippen molar-refractivity contribution in [2.45, 2.75) is 51.5 Å². The third-order valence-corrected chi connectivity index (χ3v) is 3.43. The number of alkyl halides is 3. The number of halogens is 3. The number of anilines is 1. The molecule has 1 N–H and O–H groups in total. The Hall–Kier alpha value is -1.23. The molecule has 112 valence electrons. The van der Waals surface area contributed by atoms with Gasteiger partial charge in [-0.05, 0) is 38.3 Å². The average Bonchev–Trinajstić information content (AvgIpc) is 3.16. The van der Waals surface area contributed by atoms with E-state index in [4.69, 9.17) is 0 Å². The zero-order valence-corrected chi connectivity index (χ0v) is 11.9. The molecule has 0 radical (unpaired) electrons. The summed E-state index contributed by atoms with van der Waals surface area (Å²) in [5.74, 6) is 0. The highest BCUT2D eigenvalue weighted by molar-refractivity contribution is 5.54. The second-order valence-electron chi connectivity index (χ2n) is 5.62. The fraction of sp³-hybridized carbons (Fsp3) is 0.600. The van der Waals surface area contributed by atoms with Crippen LogP contribution >= 0.6 is 0 Å². The van der Waals surface area contributed by atoms with Gasteiger partial charge in [0.1, 0.15) is 6.54 Å². The highest BCUT2D eigenvalue weighted by atomic mass is 19.4. The summed E-state index contributed by atoms with van der Waals surface area (Å²) in [6, 6.07) is 7.68. The minimum atomic E-state index is -4.19. The van der Waals surface area contributed by atoms with E-state index in [-0.39, 0.29) is 6.04 Å².